The molecule has 0 atom stereocenters. The van der Waals surface area contributed by atoms with E-state index in [1.165, 1.54) is 5.56 Å². The Labute approximate surface area is 148 Å². The first-order chi connectivity index (χ1) is 11.8. The van der Waals surface area contributed by atoms with Crippen LogP contribution in [0, 0.1) is 6.92 Å². The van der Waals surface area contributed by atoms with Gasteiger partial charge in [-0.3, -0.25) is 20.4 Å². The number of ether oxygens (including phenoxy) is 1. The van der Waals surface area contributed by atoms with Crippen molar-refractivity contribution in [3.63, 3.8) is 0 Å². The lowest BCUT2D eigenvalue weighted by Crippen LogP contribution is -2.44. The van der Waals surface area contributed by atoms with Gasteiger partial charge in [-0.1, -0.05) is 51.1 Å². The van der Waals surface area contributed by atoms with Gasteiger partial charge in [0.15, 0.2) is 6.61 Å². The molecule has 132 valence electrons. The molecule has 5 heteroatoms. The zero-order valence-electron chi connectivity index (χ0n) is 15.1. The van der Waals surface area contributed by atoms with Crippen LogP contribution in [0.1, 0.15) is 42.3 Å². The van der Waals surface area contributed by atoms with Crippen LogP contribution < -0.4 is 15.6 Å². The van der Waals surface area contributed by atoms with Gasteiger partial charge in [0.2, 0.25) is 0 Å². The summed E-state index contributed by atoms with van der Waals surface area (Å²) >= 11 is 0. The standard InChI is InChI=1S/C20H24N2O3/c1-14-7-5-6-8-17(14)19(24)22-21-18(23)13-25-16-11-9-15(10-12-16)20(2,3)4/h5-12H,13H2,1-4H3,(H,21,23)(H,22,24). The molecule has 0 radical (unpaired) electrons. The summed E-state index contributed by atoms with van der Waals surface area (Å²) in [4.78, 5) is 23.8. The molecule has 0 saturated carbocycles. The second-order valence-corrected chi connectivity index (χ2v) is 6.88. The summed E-state index contributed by atoms with van der Waals surface area (Å²) in [7, 11) is 0. The predicted octanol–water partition coefficient (Wildman–Crippen LogP) is 3.13. The molecular weight excluding hydrogens is 316 g/mol. The monoisotopic (exact) mass is 340 g/mol. The average molecular weight is 340 g/mol. The molecular formula is C20H24N2O3. The van der Waals surface area contributed by atoms with E-state index < -0.39 is 5.91 Å². The summed E-state index contributed by atoms with van der Waals surface area (Å²) in [5, 5.41) is 0. The van der Waals surface area contributed by atoms with E-state index >= 15 is 0 Å². The van der Waals surface area contributed by atoms with Gasteiger partial charge < -0.3 is 4.74 Å². The normalized spacial score (nSPS) is 10.9. The summed E-state index contributed by atoms with van der Waals surface area (Å²) < 4.78 is 5.43. The molecule has 2 rings (SSSR count). The van der Waals surface area contributed by atoms with Gasteiger partial charge in [-0.15, -0.1) is 0 Å². The van der Waals surface area contributed by atoms with Crippen molar-refractivity contribution in [3.8, 4) is 5.75 Å². The minimum absolute atomic E-state index is 0.0652. The van der Waals surface area contributed by atoms with Gasteiger partial charge in [0, 0.05) is 5.56 Å². The fourth-order valence-corrected chi connectivity index (χ4v) is 2.26. The maximum absolute atomic E-state index is 12.0. The second-order valence-electron chi connectivity index (χ2n) is 6.88. The quantitative estimate of drug-likeness (QED) is 0.840. The van der Waals surface area contributed by atoms with E-state index in [1.54, 1.807) is 12.1 Å². The Morgan fingerprint density at radius 2 is 1.60 bits per heavy atom. The van der Waals surface area contributed by atoms with Crippen LogP contribution in [0.4, 0.5) is 0 Å². The lowest BCUT2D eigenvalue weighted by Gasteiger charge is -2.19. The van der Waals surface area contributed by atoms with Crippen LogP contribution in [0.25, 0.3) is 0 Å². The van der Waals surface area contributed by atoms with E-state index in [0.29, 0.717) is 11.3 Å². The average Bonchev–Trinajstić information content (AvgIpc) is 2.58. The predicted molar refractivity (Wildman–Crippen MR) is 97.4 cm³/mol. The molecule has 0 aromatic heterocycles. The van der Waals surface area contributed by atoms with Gasteiger partial charge in [0.05, 0.1) is 0 Å². The van der Waals surface area contributed by atoms with E-state index in [2.05, 4.69) is 31.6 Å². The molecule has 0 unspecified atom stereocenters. The number of carbonyl (C=O) groups is 2. The first-order valence-corrected chi connectivity index (χ1v) is 8.15. The van der Waals surface area contributed by atoms with Crippen LogP contribution in [-0.4, -0.2) is 18.4 Å². The number of hydrogen-bond donors (Lipinski definition) is 2. The van der Waals surface area contributed by atoms with Crippen molar-refractivity contribution < 1.29 is 14.3 Å². The van der Waals surface area contributed by atoms with Crippen LogP contribution in [0.3, 0.4) is 0 Å². The Morgan fingerprint density at radius 3 is 2.20 bits per heavy atom. The van der Waals surface area contributed by atoms with Gasteiger partial charge in [-0.05, 0) is 41.7 Å². The van der Waals surface area contributed by atoms with Crippen LogP contribution in [0.15, 0.2) is 48.5 Å². The molecule has 2 aromatic carbocycles. The Morgan fingerprint density at radius 1 is 0.960 bits per heavy atom. The molecule has 0 spiro atoms. The van der Waals surface area contributed by atoms with E-state index in [4.69, 9.17) is 4.74 Å². The molecule has 2 aromatic rings. The molecule has 0 aliphatic rings. The highest BCUT2D eigenvalue weighted by molar-refractivity contribution is 5.96. The fraction of sp³-hybridized carbons (Fsp3) is 0.300. The van der Waals surface area contributed by atoms with Gasteiger partial charge in [0.25, 0.3) is 11.8 Å². The SMILES string of the molecule is Cc1ccccc1C(=O)NNC(=O)COc1ccc(C(C)(C)C)cc1. The molecule has 0 aliphatic heterocycles. The fourth-order valence-electron chi connectivity index (χ4n) is 2.26. The molecule has 25 heavy (non-hydrogen) atoms. The van der Waals surface area contributed by atoms with Gasteiger partial charge in [-0.25, -0.2) is 0 Å². The lowest BCUT2D eigenvalue weighted by molar-refractivity contribution is -0.123. The number of nitrogens with one attached hydrogen (secondary N) is 2. The van der Waals surface area contributed by atoms with Crippen LogP contribution in [0.2, 0.25) is 0 Å². The van der Waals surface area contributed by atoms with Crippen LogP contribution in [-0.2, 0) is 10.2 Å². The van der Waals surface area contributed by atoms with Crippen molar-refractivity contribution >= 4 is 11.8 Å². The summed E-state index contributed by atoms with van der Waals surface area (Å²) in [5.41, 5.74) is 7.34. The maximum Gasteiger partial charge on any atom is 0.276 e. The van der Waals surface area contributed by atoms with Crippen LogP contribution in [0.5, 0.6) is 5.75 Å². The number of hydrogen-bond acceptors (Lipinski definition) is 3. The summed E-state index contributed by atoms with van der Waals surface area (Å²) in [5.74, 6) is -0.184. The smallest absolute Gasteiger partial charge is 0.276 e. The first kappa shape index (κ1) is 18.5. The molecule has 0 heterocycles. The summed E-state index contributed by atoms with van der Waals surface area (Å²) in [6.07, 6.45) is 0. The molecule has 0 aliphatic carbocycles. The van der Waals surface area contributed by atoms with Crippen molar-refractivity contribution in [2.75, 3.05) is 6.61 Å². The van der Waals surface area contributed by atoms with E-state index in [-0.39, 0.29) is 17.9 Å². The van der Waals surface area contributed by atoms with Crippen LogP contribution >= 0.6 is 0 Å². The van der Waals surface area contributed by atoms with Gasteiger partial charge >= 0.3 is 0 Å². The van der Waals surface area contributed by atoms with Crippen molar-refractivity contribution in [3.05, 3.63) is 65.2 Å². The molecule has 0 fully saturated rings. The summed E-state index contributed by atoms with van der Waals surface area (Å²) in [6.45, 7) is 8.05. The Balaban J connectivity index is 1.81. The first-order valence-electron chi connectivity index (χ1n) is 8.15. The van der Waals surface area contributed by atoms with E-state index in [1.807, 2.05) is 43.3 Å². The largest absolute Gasteiger partial charge is 0.484 e. The third kappa shape index (κ3) is 5.35. The highest BCUT2D eigenvalue weighted by atomic mass is 16.5. The molecule has 0 saturated heterocycles. The highest BCUT2D eigenvalue weighted by Crippen LogP contribution is 2.24. The van der Waals surface area contributed by atoms with Crippen molar-refractivity contribution in [1.82, 2.24) is 10.9 Å². The third-order valence-corrected chi connectivity index (χ3v) is 3.80. The van der Waals surface area contributed by atoms with Crippen molar-refractivity contribution in [2.45, 2.75) is 33.1 Å². The Kier molecular flexibility index (Phi) is 5.80. The number of carbonyl (C=O) groups excluding carboxylic acids is 2. The maximum atomic E-state index is 12.0. The zero-order valence-corrected chi connectivity index (χ0v) is 15.1. The minimum Gasteiger partial charge on any atom is -0.484 e. The molecule has 0 bridgehead atoms. The summed E-state index contributed by atoms with van der Waals surface area (Å²) in [6, 6.07) is 14.8. The Hall–Kier alpha value is -2.82. The third-order valence-electron chi connectivity index (χ3n) is 3.80. The molecule has 5 nitrogen and oxygen atoms in total. The number of benzene rings is 2. The number of rotatable bonds is 4. The topological polar surface area (TPSA) is 67.4 Å². The second kappa shape index (κ2) is 7.83. The number of amides is 2. The number of aryl methyl sites for hydroxylation is 1. The molecule has 2 N–H and O–H groups in total. The number of hydrazine groups is 1. The lowest BCUT2D eigenvalue weighted by atomic mass is 9.87. The molecule has 2 amide bonds. The van der Waals surface area contributed by atoms with Gasteiger partial charge in [-0.2, -0.15) is 0 Å². The van der Waals surface area contributed by atoms with E-state index in [0.717, 1.165) is 5.56 Å². The van der Waals surface area contributed by atoms with Gasteiger partial charge in [0.1, 0.15) is 5.75 Å². The van der Waals surface area contributed by atoms with Crippen molar-refractivity contribution in [2.24, 2.45) is 0 Å². The Bertz CT molecular complexity index is 746. The van der Waals surface area contributed by atoms with Crippen molar-refractivity contribution in [1.29, 1.82) is 0 Å². The zero-order chi connectivity index (χ0) is 18.4. The minimum atomic E-state index is -0.429. The van der Waals surface area contributed by atoms with E-state index in [9.17, 15) is 9.59 Å². The highest BCUT2D eigenvalue weighted by Gasteiger charge is 2.13.